The molecule has 2 amide bonds. The van der Waals surface area contributed by atoms with E-state index in [1.54, 1.807) is 6.20 Å². The second-order valence-electron chi connectivity index (χ2n) is 2.77. The van der Waals surface area contributed by atoms with Crippen molar-refractivity contribution in [1.82, 2.24) is 15.3 Å². The van der Waals surface area contributed by atoms with Gasteiger partial charge in [0.15, 0.2) is 0 Å². The van der Waals surface area contributed by atoms with E-state index in [1.807, 2.05) is 6.07 Å². The number of fused-ring (bicyclic) bond motifs is 1. The van der Waals surface area contributed by atoms with Crippen molar-refractivity contribution in [1.29, 1.82) is 5.26 Å². The number of carbonyl (C=O) groups is 1. The third-order valence-electron chi connectivity index (χ3n) is 1.92. The molecule has 0 atom stereocenters. The molecular formula is C8H7N5O. The van der Waals surface area contributed by atoms with E-state index in [0.717, 1.165) is 5.56 Å². The van der Waals surface area contributed by atoms with Crippen molar-refractivity contribution < 1.29 is 4.79 Å². The van der Waals surface area contributed by atoms with Gasteiger partial charge in [0.2, 0.25) is 0 Å². The Morgan fingerprint density at radius 1 is 1.71 bits per heavy atom. The SMILES string of the molecule is N#CCN1C(=O)NCc2cncnc21. The van der Waals surface area contributed by atoms with E-state index in [4.69, 9.17) is 5.26 Å². The molecule has 0 saturated carbocycles. The van der Waals surface area contributed by atoms with Gasteiger partial charge in [-0.05, 0) is 0 Å². The third-order valence-corrected chi connectivity index (χ3v) is 1.92. The number of anilines is 1. The molecule has 2 heterocycles. The number of amides is 2. The summed E-state index contributed by atoms with van der Waals surface area (Å²) < 4.78 is 0. The number of urea groups is 1. The molecule has 0 aliphatic carbocycles. The Labute approximate surface area is 80.2 Å². The minimum absolute atomic E-state index is 0.00412. The lowest BCUT2D eigenvalue weighted by Gasteiger charge is -2.25. The molecule has 1 aromatic heterocycles. The Morgan fingerprint density at radius 3 is 3.36 bits per heavy atom. The predicted molar refractivity (Wildman–Crippen MR) is 47.2 cm³/mol. The van der Waals surface area contributed by atoms with Crippen molar-refractivity contribution in [3.63, 3.8) is 0 Å². The van der Waals surface area contributed by atoms with Gasteiger partial charge < -0.3 is 5.32 Å². The van der Waals surface area contributed by atoms with Crippen LogP contribution < -0.4 is 10.2 Å². The molecule has 0 unspecified atom stereocenters. The molecule has 1 aliphatic heterocycles. The zero-order valence-electron chi connectivity index (χ0n) is 7.27. The van der Waals surface area contributed by atoms with Crippen LogP contribution in [0.1, 0.15) is 5.56 Å². The molecule has 6 nitrogen and oxygen atoms in total. The Balaban J connectivity index is 2.42. The smallest absolute Gasteiger partial charge is 0.324 e. The van der Waals surface area contributed by atoms with Gasteiger partial charge in [0.1, 0.15) is 18.7 Å². The van der Waals surface area contributed by atoms with Crippen molar-refractivity contribution >= 4 is 11.8 Å². The lowest BCUT2D eigenvalue weighted by atomic mass is 10.2. The summed E-state index contributed by atoms with van der Waals surface area (Å²) in [6, 6.07) is 1.62. The number of hydrogen-bond acceptors (Lipinski definition) is 4. The maximum absolute atomic E-state index is 11.4. The Morgan fingerprint density at radius 2 is 2.57 bits per heavy atom. The summed E-state index contributed by atoms with van der Waals surface area (Å²) in [6.45, 7) is 0.410. The molecule has 1 aromatic rings. The maximum atomic E-state index is 11.4. The number of rotatable bonds is 1. The Bertz CT molecular complexity index is 410. The first-order chi connectivity index (χ1) is 6.83. The summed E-state index contributed by atoms with van der Waals surface area (Å²) in [5.74, 6) is 0.519. The minimum Gasteiger partial charge on any atom is -0.333 e. The summed E-state index contributed by atoms with van der Waals surface area (Å²) in [7, 11) is 0. The van der Waals surface area contributed by atoms with Crippen LogP contribution in [0.3, 0.4) is 0 Å². The zero-order chi connectivity index (χ0) is 9.97. The van der Waals surface area contributed by atoms with E-state index in [1.165, 1.54) is 11.2 Å². The van der Waals surface area contributed by atoms with Gasteiger partial charge in [0.05, 0.1) is 6.07 Å². The van der Waals surface area contributed by atoms with Crippen molar-refractivity contribution in [2.45, 2.75) is 6.54 Å². The van der Waals surface area contributed by atoms with E-state index in [2.05, 4.69) is 15.3 Å². The van der Waals surface area contributed by atoms with E-state index in [0.29, 0.717) is 12.4 Å². The molecule has 0 radical (unpaired) electrons. The average Bonchev–Trinajstić information content (AvgIpc) is 2.23. The standard InChI is InChI=1S/C8H7N5O/c9-1-2-13-7-6(3-10-5-12-7)4-11-8(13)14/h3,5H,2,4H2,(H,11,14). The third kappa shape index (κ3) is 1.25. The average molecular weight is 189 g/mol. The minimum atomic E-state index is -0.294. The molecule has 0 saturated heterocycles. The highest BCUT2D eigenvalue weighted by molar-refractivity contribution is 5.93. The number of hydrogen-bond donors (Lipinski definition) is 1. The molecule has 0 fully saturated rings. The highest BCUT2D eigenvalue weighted by Crippen LogP contribution is 2.19. The fraction of sp³-hybridized carbons (Fsp3) is 0.250. The van der Waals surface area contributed by atoms with E-state index >= 15 is 0 Å². The highest BCUT2D eigenvalue weighted by atomic mass is 16.2. The number of carbonyl (C=O) groups excluding carboxylic acids is 1. The first-order valence-corrected chi connectivity index (χ1v) is 4.04. The van der Waals surface area contributed by atoms with Crippen LogP contribution >= 0.6 is 0 Å². The number of nitrogens with one attached hydrogen (secondary N) is 1. The lowest BCUT2D eigenvalue weighted by Crippen LogP contribution is -2.44. The van der Waals surface area contributed by atoms with Crippen LogP contribution in [0.15, 0.2) is 12.5 Å². The molecule has 1 N–H and O–H groups in total. The molecule has 0 aromatic carbocycles. The van der Waals surface area contributed by atoms with Gasteiger partial charge in [-0.15, -0.1) is 0 Å². The summed E-state index contributed by atoms with van der Waals surface area (Å²) in [5.41, 5.74) is 0.822. The quantitative estimate of drug-likeness (QED) is 0.632. The fourth-order valence-electron chi connectivity index (χ4n) is 1.30. The summed E-state index contributed by atoms with van der Waals surface area (Å²) in [5, 5.41) is 11.2. The molecule has 6 heteroatoms. The zero-order valence-corrected chi connectivity index (χ0v) is 7.27. The van der Waals surface area contributed by atoms with Crippen LogP contribution in [0.25, 0.3) is 0 Å². The highest BCUT2D eigenvalue weighted by Gasteiger charge is 2.24. The predicted octanol–water partition coefficient (Wildman–Crippen LogP) is 0.0298. The van der Waals surface area contributed by atoms with Crippen LogP contribution in [0.4, 0.5) is 10.6 Å². The Kier molecular flexibility index (Phi) is 1.99. The topological polar surface area (TPSA) is 81.9 Å². The van der Waals surface area contributed by atoms with Crippen molar-refractivity contribution in [2.75, 3.05) is 11.4 Å². The maximum Gasteiger partial charge on any atom is 0.324 e. The van der Waals surface area contributed by atoms with Gasteiger partial charge in [-0.2, -0.15) is 5.26 Å². The van der Waals surface area contributed by atoms with Gasteiger partial charge in [-0.1, -0.05) is 0 Å². The summed E-state index contributed by atoms with van der Waals surface area (Å²) in [6.07, 6.45) is 2.99. The second-order valence-corrected chi connectivity index (χ2v) is 2.77. The second kappa shape index (κ2) is 3.30. The van der Waals surface area contributed by atoms with Crippen LogP contribution in [-0.4, -0.2) is 22.5 Å². The van der Waals surface area contributed by atoms with Crippen molar-refractivity contribution in [3.8, 4) is 6.07 Å². The van der Waals surface area contributed by atoms with Gasteiger partial charge in [-0.3, -0.25) is 4.90 Å². The fourth-order valence-corrected chi connectivity index (χ4v) is 1.30. The molecule has 0 bridgehead atoms. The summed E-state index contributed by atoms with van der Waals surface area (Å²) in [4.78, 5) is 20.5. The van der Waals surface area contributed by atoms with Crippen LogP contribution in [0.2, 0.25) is 0 Å². The first-order valence-electron chi connectivity index (χ1n) is 4.04. The normalized spacial score (nSPS) is 14.2. The van der Waals surface area contributed by atoms with Crippen LogP contribution in [0, 0.1) is 11.3 Å². The Hall–Kier alpha value is -2.16. The molecule has 0 spiro atoms. The number of nitrogens with zero attached hydrogens (tertiary/aromatic N) is 4. The molecular weight excluding hydrogens is 182 g/mol. The number of aromatic nitrogens is 2. The van der Waals surface area contributed by atoms with Crippen LogP contribution in [0.5, 0.6) is 0 Å². The molecule has 1 aliphatic rings. The van der Waals surface area contributed by atoms with Gasteiger partial charge in [0.25, 0.3) is 0 Å². The van der Waals surface area contributed by atoms with E-state index in [9.17, 15) is 4.79 Å². The van der Waals surface area contributed by atoms with Crippen molar-refractivity contribution in [2.24, 2.45) is 0 Å². The molecule has 70 valence electrons. The number of nitriles is 1. The van der Waals surface area contributed by atoms with Gasteiger partial charge in [0, 0.05) is 18.3 Å². The largest absolute Gasteiger partial charge is 0.333 e. The molecule has 14 heavy (non-hydrogen) atoms. The summed E-state index contributed by atoms with van der Waals surface area (Å²) >= 11 is 0. The monoisotopic (exact) mass is 189 g/mol. The van der Waals surface area contributed by atoms with Crippen LogP contribution in [-0.2, 0) is 6.54 Å². The van der Waals surface area contributed by atoms with Crippen molar-refractivity contribution in [3.05, 3.63) is 18.1 Å². The first kappa shape index (κ1) is 8.44. The lowest BCUT2D eigenvalue weighted by molar-refractivity contribution is 0.245. The van der Waals surface area contributed by atoms with Gasteiger partial charge in [-0.25, -0.2) is 14.8 Å². The molecule has 2 rings (SSSR count). The van der Waals surface area contributed by atoms with E-state index < -0.39 is 0 Å². The van der Waals surface area contributed by atoms with Gasteiger partial charge >= 0.3 is 6.03 Å². The van der Waals surface area contributed by atoms with E-state index in [-0.39, 0.29) is 12.6 Å².